The summed E-state index contributed by atoms with van der Waals surface area (Å²) < 4.78 is 5.40. The number of rotatable bonds is 2. The summed E-state index contributed by atoms with van der Waals surface area (Å²) in [4.78, 5) is 21.7. The number of benzene rings is 1. The predicted molar refractivity (Wildman–Crippen MR) is 79.5 cm³/mol. The molecular formula is C14H11N3O2S. The van der Waals surface area contributed by atoms with E-state index in [0.29, 0.717) is 11.0 Å². The van der Waals surface area contributed by atoms with Crippen molar-refractivity contribution in [1.29, 1.82) is 0 Å². The number of hydrogen-bond donors (Lipinski definition) is 2. The predicted octanol–water partition coefficient (Wildman–Crippen LogP) is 2.66. The summed E-state index contributed by atoms with van der Waals surface area (Å²) in [5.74, 6) is 0.764. The van der Waals surface area contributed by atoms with E-state index in [1.54, 1.807) is 19.4 Å². The standard InChI is InChI=1S/C14H11N3O2S/c1-19-9-4-2-8(3-5-9)10-6-7-15-12-11(10)13(18)17-14(20)16-12/h2-7H,1H3,(H2,15,16,17,18,20). The van der Waals surface area contributed by atoms with Crippen molar-refractivity contribution in [3.05, 3.63) is 51.7 Å². The molecule has 3 aromatic rings. The molecule has 2 aromatic heterocycles. The minimum absolute atomic E-state index is 0.248. The lowest BCUT2D eigenvalue weighted by Gasteiger charge is -2.06. The lowest BCUT2D eigenvalue weighted by Crippen LogP contribution is -2.09. The quantitative estimate of drug-likeness (QED) is 0.710. The van der Waals surface area contributed by atoms with Gasteiger partial charge in [-0.05, 0) is 41.5 Å². The number of methoxy groups -OCH3 is 1. The molecule has 6 heteroatoms. The zero-order valence-electron chi connectivity index (χ0n) is 10.6. The number of fused-ring (bicyclic) bond motifs is 1. The van der Waals surface area contributed by atoms with Crippen LogP contribution in [0.1, 0.15) is 0 Å². The lowest BCUT2D eigenvalue weighted by atomic mass is 10.0. The molecule has 0 spiro atoms. The van der Waals surface area contributed by atoms with Crippen molar-refractivity contribution in [3.8, 4) is 16.9 Å². The van der Waals surface area contributed by atoms with Gasteiger partial charge in [-0.1, -0.05) is 12.1 Å². The lowest BCUT2D eigenvalue weighted by molar-refractivity contribution is 0.415. The third-order valence-corrected chi connectivity index (χ3v) is 3.24. The Balaban J connectivity index is 2.30. The average Bonchev–Trinajstić information content (AvgIpc) is 2.46. The van der Waals surface area contributed by atoms with Gasteiger partial charge in [0.15, 0.2) is 4.77 Å². The van der Waals surface area contributed by atoms with Crippen molar-refractivity contribution in [1.82, 2.24) is 15.0 Å². The first-order valence-corrected chi connectivity index (χ1v) is 6.35. The summed E-state index contributed by atoms with van der Waals surface area (Å²) in [6.07, 6.45) is 1.65. The van der Waals surface area contributed by atoms with Crippen molar-refractivity contribution in [2.75, 3.05) is 7.11 Å². The van der Waals surface area contributed by atoms with Gasteiger partial charge in [-0.2, -0.15) is 0 Å². The number of H-pyrrole nitrogens is 2. The number of nitrogens with zero attached hydrogens (tertiary/aromatic N) is 1. The van der Waals surface area contributed by atoms with Crippen LogP contribution in [-0.2, 0) is 0 Å². The largest absolute Gasteiger partial charge is 0.497 e. The summed E-state index contributed by atoms with van der Waals surface area (Å²) >= 11 is 4.95. The molecule has 5 nitrogen and oxygen atoms in total. The van der Waals surface area contributed by atoms with Crippen LogP contribution in [0.3, 0.4) is 0 Å². The van der Waals surface area contributed by atoms with E-state index in [0.717, 1.165) is 16.9 Å². The summed E-state index contributed by atoms with van der Waals surface area (Å²) in [5, 5.41) is 0.492. The van der Waals surface area contributed by atoms with E-state index in [-0.39, 0.29) is 10.3 Å². The molecule has 0 unspecified atom stereocenters. The second kappa shape index (κ2) is 4.90. The van der Waals surface area contributed by atoms with Crippen LogP contribution in [0.4, 0.5) is 0 Å². The normalized spacial score (nSPS) is 10.7. The number of hydrogen-bond acceptors (Lipinski definition) is 4. The molecule has 100 valence electrons. The highest BCUT2D eigenvalue weighted by atomic mass is 32.1. The summed E-state index contributed by atoms with van der Waals surface area (Å²) in [5.41, 5.74) is 1.94. The SMILES string of the molecule is COc1ccc(-c2ccnc3[nH]c(=S)[nH]c(=O)c23)cc1. The van der Waals surface area contributed by atoms with E-state index in [2.05, 4.69) is 15.0 Å². The van der Waals surface area contributed by atoms with E-state index < -0.39 is 0 Å². The van der Waals surface area contributed by atoms with Gasteiger partial charge in [-0.15, -0.1) is 0 Å². The molecule has 1 aromatic carbocycles. The summed E-state index contributed by atoms with van der Waals surface area (Å²) in [7, 11) is 1.61. The monoisotopic (exact) mass is 285 g/mol. The van der Waals surface area contributed by atoms with Gasteiger partial charge in [-0.25, -0.2) is 4.98 Å². The summed E-state index contributed by atoms with van der Waals surface area (Å²) in [6.45, 7) is 0. The van der Waals surface area contributed by atoms with Crippen molar-refractivity contribution >= 4 is 23.3 Å². The van der Waals surface area contributed by atoms with Crippen LogP contribution in [0.15, 0.2) is 41.3 Å². The Kier molecular flexibility index (Phi) is 3.08. The van der Waals surface area contributed by atoms with Crippen LogP contribution in [-0.4, -0.2) is 22.1 Å². The Morgan fingerprint density at radius 3 is 2.60 bits per heavy atom. The zero-order chi connectivity index (χ0) is 14.1. The minimum atomic E-state index is -0.248. The first-order valence-electron chi connectivity index (χ1n) is 5.95. The number of nitrogens with one attached hydrogen (secondary N) is 2. The van der Waals surface area contributed by atoms with Crippen molar-refractivity contribution in [2.45, 2.75) is 0 Å². The molecule has 0 bridgehead atoms. The second-order valence-corrected chi connectivity index (χ2v) is 4.63. The number of pyridine rings is 1. The van der Waals surface area contributed by atoms with Crippen LogP contribution in [0.5, 0.6) is 5.75 Å². The Labute approximate surface area is 119 Å². The highest BCUT2D eigenvalue weighted by molar-refractivity contribution is 7.71. The van der Waals surface area contributed by atoms with Gasteiger partial charge in [-0.3, -0.25) is 9.78 Å². The van der Waals surface area contributed by atoms with Crippen molar-refractivity contribution in [2.24, 2.45) is 0 Å². The molecule has 0 aliphatic heterocycles. The fourth-order valence-electron chi connectivity index (χ4n) is 2.10. The van der Waals surface area contributed by atoms with E-state index >= 15 is 0 Å². The van der Waals surface area contributed by atoms with Gasteiger partial charge in [0.25, 0.3) is 5.56 Å². The van der Waals surface area contributed by atoms with E-state index in [1.165, 1.54) is 0 Å². The Morgan fingerprint density at radius 1 is 1.15 bits per heavy atom. The molecular weight excluding hydrogens is 274 g/mol. The van der Waals surface area contributed by atoms with Crippen molar-refractivity contribution in [3.63, 3.8) is 0 Å². The molecule has 0 saturated carbocycles. The number of aromatic nitrogens is 3. The van der Waals surface area contributed by atoms with Gasteiger partial charge < -0.3 is 9.72 Å². The molecule has 0 atom stereocenters. The molecule has 2 heterocycles. The van der Waals surface area contributed by atoms with Gasteiger partial charge >= 0.3 is 0 Å². The maximum atomic E-state index is 12.1. The van der Waals surface area contributed by atoms with Gasteiger partial charge in [0.2, 0.25) is 0 Å². The molecule has 3 rings (SSSR count). The smallest absolute Gasteiger partial charge is 0.261 e. The average molecular weight is 285 g/mol. The second-order valence-electron chi connectivity index (χ2n) is 4.22. The third-order valence-electron chi connectivity index (χ3n) is 3.04. The molecule has 20 heavy (non-hydrogen) atoms. The molecule has 0 amide bonds. The molecule has 0 fully saturated rings. The molecule has 0 saturated heterocycles. The molecule has 0 radical (unpaired) electrons. The number of aromatic amines is 2. The van der Waals surface area contributed by atoms with E-state index in [9.17, 15) is 4.79 Å². The Morgan fingerprint density at radius 2 is 1.90 bits per heavy atom. The highest BCUT2D eigenvalue weighted by Crippen LogP contribution is 2.25. The fraction of sp³-hybridized carbons (Fsp3) is 0.0714. The molecule has 0 aliphatic rings. The maximum absolute atomic E-state index is 12.1. The Bertz CT molecular complexity index is 881. The van der Waals surface area contributed by atoms with Crippen LogP contribution in [0.2, 0.25) is 0 Å². The van der Waals surface area contributed by atoms with Crippen molar-refractivity contribution < 1.29 is 4.74 Å². The minimum Gasteiger partial charge on any atom is -0.497 e. The van der Waals surface area contributed by atoms with Crippen LogP contribution in [0.25, 0.3) is 22.2 Å². The van der Waals surface area contributed by atoms with Crippen LogP contribution in [0, 0.1) is 4.77 Å². The van der Waals surface area contributed by atoms with Crippen LogP contribution >= 0.6 is 12.2 Å². The number of ether oxygens (including phenoxy) is 1. The molecule has 2 N–H and O–H groups in total. The fourth-order valence-corrected chi connectivity index (χ4v) is 2.29. The van der Waals surface area contributed by atoms with Gasteiger partial charge in [0.05, 0.1) is 12.5 Å². The first-order chi connectivity index (χ1) is 9.69. The highest BCUT2D eigenvalue weighted by Gasteiger charge is 2.09. The van der Waals surface area contributed by atoms with Gasteiger partial charge in [0, 0.05) is 6.20 Å². The van der Waals surface area contributed by atoms with E-state index in [1.807, 2.05) is 24.3 Å². The Hall–Kier alpha value is -2.47. The topological polar surface area (TPSA) is 70.8 Å². The zero-order valence-corrected chi connectivity index (χ0v) is 11.5. The summed E-state index contributed by atoms with van der Waals surface area (Å²) in [6, 6.07) is 9.29. The van der Waals surface area contributed by atoms with E-state index in [4.69, 9.17) is 17.0 Å². The first kappa shape index (κ1) is 12.6. The van der Waals surface area contributed by atoms with Gasteiger partial charge in [0.1, 0.15) is 11.4 Å². The molecule has 0 aliphatic carbocycles. The maximum Gasteiger partial charge on any atom is 0.261 e. The van der Waals surface area contributed by atoms with Crippen LogP contribution < -0.4 is 10.3 Å². The third kappa shape index (κ3) is 2.10.